The third-order valence-electron chi connectivity index (χ3n) is 11.4. The summed E-state index contributed by atoms with van der Waals surface area (Å²) in [7, 11) is 1.72. The minimum atomic E-state index is -1.96. The summed E-state index contributed by atoms with van der Waals surface area (Å²) in [6.07, 6.45) is -0.670. The van der Waals surface area contributed by atoms with Gasteiger partial charge in [-0.15, -0.1) is 0 Å². The van der Waals surface area contributed by atoms with Crippen LogP contribution in [0.4, 0.5) is 0 Å². The quantitative estimate of drug-likeness (QED) is 0.0511. The van der Waals surface area contributed by atoms with E-state index in [2.05, 4.69) is 47.2 Å². The van der Waals surface area contributed by atoms with Crippen molar-refractivity contribution in [1.82, 2.24) is 47.2 Å². The number of carbonyl (C=O) groups is 10. The molecule has 25 nitrogen and oxygen atoms in total. The molecule has 8 atom stereocenters. The van der Waals surface area contributed by atoms with E-state index < -0.39 is 127 Å². The molecular weight excluding hydrogens is 1020 g/mol. The fraction of sp³-hybridized carbons (Fsp3) is 0.354. The molecule has 0 saturated carbocycles. The zero-order valence-corrected chi connectivity index (χ0v) is 41.4. The Balaban J connectivity index is 1.55. The largest absolute Gasteiger partial charge is 0.508 e. The number of aromatic amines is 1. The predicted octanol–water partition coefficient (Wildman–Crippen LogP) is -1.37. The van der Waals surface area contributed by atoms with Gasteiger partial charge in [0.15, 0.2) is 0 Å². The van der Waals surface area contributed by atoms with E-state index in [1.807, 2.05) is 0 Å². The third-order valence-corrected chi connectivity index (χ3v) is 13.8. The number of aromatic hydroxyl groups is 2. The smallest absolute Gasteiger partial charge is 0.326 e. The standard InChI is InChI=1S/C48H56N10O15S2/c49-31(16-26-6-10-29(59)11-7-26)41(65)57-37-22-74-75-23-38(47(71)56-36(48(72)73)18-27-8-12-30(60)13-9-27)58-43(67)33(17-25-4-2-1-3-5-25)53-44(68)34(19-28-21-50-24-51-28)54-42(66)32(14-15-39(61)62)52-45(69)35(20-40(63)64)55-46(37)70/h1-13,21,24,31-38,59-60H,14-20,22-23,49H2,(H,50,51)(H,52,69)(H,53,68)(H,54,66)(H,55,70)(H,56,71)(H,57,65)(H,58,67)(H,61,62)(H,63,64)(H,72,73)/t31-,32-,33?,34-,35?,36-,37?,38-/m0/s1. The Morgan fingerprint density at radius 3 is 1.77 bits per heavy atom. The average molecular weight is 1080 g/mol. The van der Waals surface area contributed by atoms with Crippen molar-refractivity contribution in [2.24, 2.45) is 5.73 Å². The lowest BCUT2D eigenvalue weighted by molar-refractivity contribution is -0.142. The topological polar surface area (TPSA) is 411 Å². The first kappa shape index (κ1) is 57.7. The van der Waals surface area contributed by atoms with Gasteiger partial charge in [0.25, 0.3) is 0 Å². The lowest BCUT2D eigenvalue weighted by atomic mass is 10.0. The van der Waals surface area contributed by atoms with Crippen LogP contribution >= 0.6 is 21.6 Å². The van der Waals surface area contributed by atoms with Gasteiger partial charge < -0.3 is 73.5 Å². The first-order valence-corrected chi connectivity index (χ1v) is 25.6. The highest BCUT2D eigenvalue weighted by Gasteiger charge is 2.36. The number of carboxylic acids is 3. The van der Waals surface area contributed by atoms with Crippen LogP contribution in [-0.2, 0) is 73.6 Å². The van der Waals surface area contributed by atoms with E-state index in [0.29, 0.717) is 22.4 Å². The number of amides is 7. The van der Waals surface area contributed by atoms with Crippen molar-refractivity contribution in [1.29, 1.82) is 0 Å². The number of nitrogens with one attached hydrogen (secondary N) is 8. The highest BCUT2D eigenvalue weighted by Crippen LogP contribution is 2.24. The van der Waals surface area contributed by atoms with Crippen molar-refractivity contribution in [3.8, 4) is 11.5 Å². The summed E-state index contributed by atoms with van der Waals surface area (Å²) < 4.78 is 0. The van der Waals surface area contributed by atoms with E-state index in [1.54, 1.807) is 30.3 Å². The first-order chi connectivity index (χ1) is 35.7. The fourth-order valence-corrected chi connectivity index (χ4v) is 9.69. The number of aromatic nitrogens is 2. The highest BCUT2D eigenvalue weighted by atomic mass is 33.1. The van der Waals surface area contributed by atoms with Gasteiger partial charge in [-0.3, -0.25) is 43.2 Å². The Bertz CT molecular complexity index is 2650. The summed E-state index contributed by atoms with van der Waals surface area (Å²) in [5, 5.41) is 66.3. The fourth-order valence-electron chi connectivity index (χ4n) is 7.36. The zero-order valence-electron chi connectivity index (χ0n) is 39.8. The molecule has 1 saturated heterocycles. The minimum Gasteiger partial charge on any atom is -0.508 e. The summed E-state index contributed by atoms with van der Waals surface area (Å²) in [5.41, 5.74) is 7.98. The van der Waals surface area contributed by atoms with Crippen LogP contribution in [0.2, 0.25) is 0 Å². The molecule has 1 aliphatic heterocycles. The molecule has 1 aliphatic rings. The minimum absolute atomic E-state index is 0.0524. The third kappa shape index (κ3) is 19.0. The number of carbonyl (C=O) groups excluding carboxylic acids is 7. The van der Waals surface area contributed by atoms with Crippen LogP contribution in [0, 0.1) is 0 Å². The Kier molecular flexibility index (Phi) is 21.8. The molecule has 5 rings (SSSR count). The number of nitrogens with zero attached hydrogens (tertiary/aromatic N) is 1. The van der Waals surface area contributed by atoms with Crippen molar-refractivity contribution in [2.45, 2.75) is 93.3 Å². The Hall–Kier alpha value is -8.17. The van der Waals surface area contributed by atoms with Crippen LogP contribution in [0.3, 0.4) is 0 Å². The molecular formula is C48H56N10O15S2. The van der Waals surface area contributed by atoms with Gasteiger partial charge in [-0.25, -0.2) is 9.78 Å². The van der Waals surface area contributed by atoms with E-state index in [4.69, 9.17) is 5.73 Å². The second-order valence-electron chi connectivity index (χ2n) is 17.2. The molecule has 0 radical (unpaired) electrons. The number of hydrogen-bond acceptors (Lipinski definition) is 16. The normalized spacial score (nSPS) is 21.1. The molecule has 2 heterocycles. The zero-order chi connectivity index (χ0) is 54.6. The number of benzene rings is 3. The van der Waals surface area contributed by atoms with E-state index in [-0.39, 0.29) is 48.7 Å². The number of imidazole rings is 1. The summed E-state index contributed by atoms with van der Waals surface area (Å²) in [4.78, 5) is 142. The second kappa shape index (κ2) is 28.3. The van der Waals surface area contributed by atoms with Crippen LogP contribution in [0.1, 0.15) is 41.6 Å². The monoisotopic (exact) mass is 1080 g/mol. The molecule has 4 aromatic rings. The van der Waals surface area contributed by atoms with Crippen LogP contribution < -0.4 is 43.0 Å². The highest BCUT2D eigenvalue weighted by molar-refractivity contribution is 8.76. The molecule has 1 fully saturated rings. The molecule has 0 spiro atoms. The molecule has 3 aromatic carbocycles. The van der Waals surface area contributed by atoms with Crippen LogP contribution in [0.5, 0.6) is 11.5 Å². The number of phenolic OH excluding ortho intramolecular Hbond substituents is 2. The lowest BCUT2D eigenvalue weighted by Gasteiger charge is -2.28. The average Bonchev–Trinajstić information content (AvgIpc) is 3.89. The Labute approximate surface area is 435 Å². The molecule has 27 heteroatoms. The molecule has 0 aliphatic carbocycles. The van der Waals surface area contributed by atoms with E-state index in [9.17, 15) is 73.5 Å². The van der Waals surface area contributed by atoms with Gasteiger partial charge in [-0.1, -0.05) is 76.2 Å². The van der Waals surface area contributed by atoms with E-state index in [1.165, 1.54) is 61.1 Å². The molecule has 0 bridgehead atoms. The number of phenols is 2. The van der Waals surface area contributed by atoms with Gasteiger partial charge in [0.1, 0.15) is 53.8 Å². The maximum atomic E-state index is 14.5. The van der Waals surface area contributed by atoms with Crippen LogP contribution in [-0.4, -0.2) is 155 Å². The van der Waals surface area contributed by atoms with E-state index >= 15 is 0 Å². The summed E-state index contributed by atoms with van der Waals surface area (Å²) in [5.74, 6) is -12.7. The number of rotatable bonds is 18. The van der Waals surface area contributed by atoms with Crippen molar-refractivity contribution in [3.05, 3.63) is 114 Å². The Morgan fingerprint density at radius 2 is 1.19 bits per heavy atom. The number of aliphatic carboxylic acids is 3. The van der Waals surface area contributed by atoms with Gasteiger partial charge in [0.2, 0.25) is 41.4 Å². The predicted molar refractivity (Wildman–Crippen MR) is 269 cm³/mol. The Morgan fingerprint density at radius 1 is 0.640 bits per heavy atom. The summed E-state index contributed by atoms with van der Waals surface area (Å²) >= 11 is 0. The molecule has 15 N–H and O–H groups in total. The molecule has 75 heavy (non-hydrogen) atoms. The molecule has 7 amide bonds. The van der Waals surface area contributed by atoms with Gasteiger partial charge in [0, 0.05) is 49.1 Å². The van der Waals surface area contributed by atoms with E-state index in [0.717, 1.165) is 21.6 Å². The van der Waals surface area contributed by atoms with Crippen LogP contribution in [0.15, 0.2) is 91.4 Å². The molecule has 400 valence electrons. The maximum Gasteiger partial charge on any atom is 0.326 e. The first-order valence-electron chi connectivity index (χ1n) is 23.1. The number of carboxylic acid groups (broad SMARTS) is 3. The number of nitrogens with two attached hydrogens (primary N) is 1. The van der Waals surface area contributed by atoms with Crippen molar-refractivity contribution >= 4 is 80.8 Å². The number of H-pyrrole nitrogens is 1. The summed E-state index contributed by atoms with van der Waals surface area (Å²) in [6, 6.07) is 6.70. The SMILES string of the molecule is N[C@@H](Cc1ccc(O)cc1)C(=O)NC1CSSC[C@@H](C(=O)N[C@@H](Cc2ccc(O)cc2)C(=O)O)NC(=O)C(Cc2ccccc2)NC(=O)[C@H](Cc2cnc[nH]2)NC(=O)[C@H](CCC(=O)O)NC(=O)C(CC(=O)O)NC1=O. The maximum absolute atomic E-state index is 14.5. The second-order valence-corrected chi connectivity index (χ2v) is 19.7. The van der Waals surface area contributed by atoms with Gasteiger partial charge >= 0.3 is 17.9 Å². The van der Waals surface area contributed by atoms with Crippen molar-refractivity contribution in [2.75, 3.05) is 11.5 Å². The van der Waals surface area contributed by atoms with Crippen LogP contribution in [0.25, 0.3) is 0 Å². The lowest BCUT2D eigenvalue weighted by Crippen LogP contribution is -2.61. The van der Waals surface area contributed by atoms with Crippen molar-refractivity contribution < 1.29 is 73.5 Å². The van der Waals surface area contributed by atoms with Gasteiger partial charge in [-0.2, -0.15) is 0 Å². The van der Waals surface area contributed by atoms with Gasteiger partial charge in [0.05, 0.1) is 18.8 Å². The summed E-state index contributed by atoms with van der Waals surface area (Å²) in [6.45, 7) is 0. The van der Waals surface area contributed by atoms with Gasteiger partial charge in [-0.05, 0) is 53.8 Å². The van der Waals surface area contributed by atoms with Crippen molar-refractivity contribution in [3.63, 3.8) is 0 Å². The number of hydrogen-bond donors (Lipinski definition) is 14. The molecule has 3 unspecified atom stereocenters. The molecule has 1 aromatic heterocycles.